The lowest BCUT2D eigenvalue weighted by molar-refractivity contribution is 0.0945. The fraction of sp³-hybridized carbons (Fsp3) is 0.300. The van der Waals surface area contributed by atoms with Crippen molar-refractivity contribution in [1.82, 2.24) is 10.6 Å². The standard InChI is InChI=1S/C20H25N3O5S/c1-13(2)12-22-20(25)15-7-5-6-8-17(15)23-29(26,27)14-9-10-18(28-4)16(11-14)19(24)21-3/h5-11,13,23H,12H2,1-4H3,(H,21,24)(H,22,25). The fourth-order valence-corrected chi connectivity index (χ4v) is 3.64. The van der Waals surface area contributed by atoms with Crippen LogP contribution < -0.4 is 20.1 Å². The largest absolute Gasteiger partial charge is 0.496 e. The number of ether oxygens (including phenoxy) is 1. The zero-order valence-corrected chi connectivity index (χ0v) is 17.6. The van der Waals surface area contributed by atoms with Gasteiger partial charge in [0.1, 0.15) is 5.75 Å². The van der Waals surface area contributed by atoms with Gasteiger partial charge in [0.25, 0.3) is 21.8 Å². The molecule has 0 saturated carbocycles. The van der Waals surface area contributed by atoms with Crippen LogP contribution in [0.4, 0.5) is 5.69 Å². The molecule has 0 aliphatic carbocycles. The third-order valence-corrected chi connectivity index (χ3v) is 5.40. The van der Waals surface area contributed by atoms with E-state index in [0.717, 1.165) is 0 Å². The summed E-state index contributed by atoms with van der Waals surface area (Å²) in [6.07, 6.45) is 0. The highest BCUT2D eigenvalue weighted by molar-refractivity contribution is 7.92. The summed E-state index contributed by atoms with van der Waals surface area (Å²) in [5.41, 5.74) is 0.434. The minimum atomic E-state index is -4.06. The number of carbonyl (C=O) groups excluding carboxylic acids is 2. The molecule has 0 atom stereocenters. The van der Waals surface area contributed by atoms with Crippen LogP contribution in [-0.2, 0) is 10.0 Å². The van der Waals surface area contributed by atoms with E-state index >= 15 is 0 Å². The lowest BCUT2D eigenvalue weighted by Gasteiger charge is -2.15. The van der Waals surface area contributed by atoms with E-state index in [9.17, 15) is 18.0 Å². The molecule has 2 amide bonds. The number of carbonyl (C=O) groups is 2. The molecule has 2 aromatic rings. The lowest BCUT2D eigenvalue weighted by atomic mass is 10.1. The maximum atomic E-state index is 12.9. The van der Waals surface area contributed by atoms with Crippen molar-refractivity contribution >= 4 is 27.5 Å². The van der Waals surface area contributed by atoms with Crippen molar-refractivity contribution < 1.29 is 22.7 Å². The van der Waals surface area contributed by atoms with E-state index < -0.39 is 15.9 Å². The van der Waals surface area contributed by atoms with Gasteiger partial charge in [-0.15, -0.1) is 0 Å². The molecule has 3 N–H and O–H groups in total. The number of methoxy groups -OCH3 is 1. The summed E-state index contributed by atoms with van der Waals surface area (Å²) in [6, 6.07) is 10.3. The number of amides is 2. The Balaban J connectivity index is 2.38. The average Bonchev–Trinajstić information content (AvgIpc) is 2.70. The van der Waals surface area contributed by atoms with E-state index in [1.54, 1.807) is 12.1 Å². The minimum absolute atomic E-state index is 0.0841. The number of benzene rings is 2. The van der Waals surface area contributed by atoms with Gasteiger partial charge in [-0.3, -0.25) is 14.3 Å². The van der Waals surface area contributed by atoms with Crippen LogP contribution in [0.15, 0.2) is 47.4 Å². The Kier molecular flexibility index (Phi) is 7.22. The van der Waals surface area contributed by atoms with E-state index in [2.05, 4.69) is 15.4 Å². The highest BCUT2D eigenvalue weighted by Crippen LogP contribution is 2.25. The SMILES string of the molecule is CNC(=O)c1cc(S(=O)(=O)Nc2ccccc2C(=O)NCC(C)C)ccc1OC. The van der Waals surface area contributed by atoms with Gasteiger partial charge in [0, 0.05) is 13.6 Å². The number of sulfonamides is 1. The Bertz CT molecular complexity index is 1000. The maximum absolute atomic E-state index is 12.9. The van der Waals surface area contributed by atoms with E-state index in [1.807, 2.05) is 13.8 Å². The van der Waals surface area contributed by atoms with Crippen molar-refractivity contribution in [3.8, 4) is 5.75 Å². The topological polar surface area (TPSA) is 114 Å². The predicted molar refractivity (Wildman–Crippen MR) is 111 cm³/mol. The molecular weight excluding hydrogens is 394 g/mol. The first-order chi connectivity index (χ1) is 13.7. The number of rotatable bonds is 8. The van der Waals surface area contributed by atoms with Crippen molar-refractivity contribution in [2.24, 2.45) is 5.92 Å². The molecule has 0 radical (unpaired) electrons. The van der Waals surface area contributed by atoms with Crippen molar-refractivity contribution in [3.63, 3.8) is 0 Å². The molecule has 0 aliphatic rings. The van der Waals surface area contributed by atoms with E-state index in [4.69, 9.17) is 4.74 Å². The van der Waals surface area contributed by atoms with Gasteiger partial charge in [-0.1, -0.05) is 26.0 Å². The maximum Gasteiger partial charge on any atom is 0.261 e. The Morgan fingerprint density at radius 2 is 1.72 bits per heavy atom. The first kappa shape index (κ1) is 22.2. The Morgan fingerprint density at radius 3 is 2.34 bits per heavy atom. The van der Waals surface area contributed by atoms with Crippen molar-refractivity contribution in [2.75, 3.05) is 25.4 Å². The fourth-order valence-electron chi connectivity index (χ4n) is 2.53. The summed E-state index contributed by atoms with van der Waals surface area (Å²) >= 11 is 0. The zero-order chi connectivity index (χ0) is 21.6. The molecule has 0 aromatic heterocycles. The van der Waals surface area contributed by atoms with Crippen LogP contribution in [0.2, 0.25) is 0 Å². The first-order valence-corrected chi connectivity index (χ1v) is 10.5. The van der Waals surface area contributed by atoms with Gasteiger partial charge in [0.15, 0.2) is 0 Å². The molecule has 2 rings (SSSR count). The number of hydrogen-bond acceptors (Lipinski definition) is 5. The number of anilines is 1. The second-order valence-corrected chi connectivity index (χ2v) is 8.38. The minimum Gasteiger partial charge on any atom is -0.496 e. The molecule has 156 valence electrons. The van der Waals surface area contributed by atoms with Crippen molar-refractivity contribution in [2.45, 2.75) is 18.7 Å². The average molecular weight is 420 g/mol. The van der Waals surface area contributed by atoms with Gasteiger partial charge in [-0.2, -0.15) is 0 Å². The van der Waals surface area contributed by atoms with Gasteiger partial charge in [-0.25, -0.2) is 8.42 Å². The van der Waals surface area contributed by atoms with Gasteiger partial charge in [0.05, 0.1) is 28.8 Å². The summed E-state index contributed by atoms with van der Waals surface area (Å²) in [7, 11) is -1.23. The zero-order valence-electron chi connectivity index (χ0n) is 16.8. The lowest BCUT2D eigenvalue weighted by Crippen LogP contribution is -2.28. The smallest absolute Gasteiger partial charge is 0.261 e. The summed E-state index contributed by atoms with van der Waals surface area (Å²) < 4.78 is 33.3. The van der Waals surface area contributed by atoms with Crippen LogP contribution in [0, 0.1) is 5.92 Å². The van der Waals surface area contributed by atoms with Crippen molar-refractivity contribution in [1.29, 1.82) is 0 Å². The molecule has 0 fully saturated rings. The highest BCUT2D eigenvalue weighted by atomic mass is 32.2. The van der Waals surface area contributed by atoms with Crippen LogP contribution in [0.25, 0.3) is 0 Å². The second-order valence-electron chi connectivity index (χ2n) is 6.70. The molecule has 0 saturated heterocycles. The Hall–Kier alpha value is -3.07. The molecule has 0 spiro atoms. The van der Waals surface area contributed by atoms with E-state index in [-0.39, 0.29) is 39.3 Å². The molecule has 9 heteroatoms. The third-order valence-electron chi connectivity index (χ3n) is 4.04. The molecule has 2 aromatic carbocycles. The molecule has 0 bridgehead atoms. The summed E-state index contributed by atoms with van der Waals surface area (Å²) in [5.74, 6) is -0.354. The van der Waals surface area contributed by atoms with Crippen molar-refractivity contribution in [3.05, 3.63) is 53.6 Å². The van der Waals surface area contributed by atoms with Crippen LogP contribution in [-0.4, -0.2) is 40.9 Å². The van der Waals surface area contributed by atoms with Gasteiger partial charge in [-0.05, 0) is 36.2 Å². The molecule has 0 aliphatic heterocycles. The molecule has 0 unspecified atom stereocenters. The highest BCUT2D eigenvalue weighted by Gasteiger charge is 2.21. The summed E-state index contributed by atoms with van der Waals surface area (Å²) in [4.78, 5) is 24.4. The number of nitrogens with one attached hydrogen (secondary N) is 3. The van der Waals surface area contributed by atoms with Gasteiger partial charge >= 0.3 is 0 Å². The normalized spacial score (nSPS) is 11.1. The Labute approximate surface area is 170 Å². The van der Waals surface area contributed by atoms with Crippen LogP contribution >= 0.6 is 0 Å². The van der Waals surface area contributed by atoms with Crippen LogP contribution in [0.5, 0.6) is 5.75 Å². The van der Waals surface area contributed by atoms with Crippen LogP contribution in [0.3, 0.4) is 0 Å². The third kappa shape index (κ3) is 5.47. The second kappa shape index (κ2) is 9.42. The van der Waals surface area contributed by atoms with Gasteiger partial charge in [0.2, 0.25) is 0 Å². The van der Waals surface area contributed by atoms with E-state index in [0.29, 0.717) is 6.54 Å². The quantitative estimate of drug-likeness (QED) is 0.607. The predicted octanol–water partition coefficient (Wildman–Crippen LogP) is 2.24. The van der Waals surface area contributed by atoms with Gasteiger partial charge < -0.3 is 15.4 Å². The summed E-state index contributed by atoms with van der Waals surface area (Å²) in [5, 5.41) is 5.21. The monoisotopic (exact) mass is 419 g/mol. The Morgan fingerprint density at radius 1 is 1.03 bits per heavy atom. The molecule has 0 heterocycles. The molecule has 29 heavy (non-hydrogen) atoms. The summed E-state index contributed by atoms with van der Waals surface area (Å²) in [6.45, 7) is 4.39. The van der Waals surface area contributed by atoms with E-state index in [1.165, 1.54) is 44.5 Å². The molecular formula is C20H25N3O5S. The number of hydrogen-bond donors (Lipinski definition) is 3. The number of para-hydroxylation sites is 1. The van der Waals surface area contributed by atoms with Crippen LogP contribution in [0.1, 0.15) is 34.6 Å². The first-order valence-electron chi connectivity index (χ1n) is 8.99. The molecule has 8 nitrogen and oxygen atoms in total.